The minimum Gasteiger partial charge on any atom is -0.480 e. The van der Waals surface area contributed by atoms with E-state index >= 15 is 0 Å². The Hall–Kier alpha value is -3.51. The average molecular weight is 462 g/mol. The van der Waals surface area contributed by atoms with Gasteiger partial charge in [-0.2, -0.15) is 18.3 Å². The molecule has 4 rings (SSSR count). The number of benzene rings is 1. The number of anilines is 1. The first-order chi connectivity index (χ1) is 15.8. The number of methoxy groups -OCH3 is 1. The Balaban J connectivity index is 1.57. The molecule has 1 fully saturated rings. The zero-order chi connectivity index (χ0) is 23.4. The van der Waals surface area contributed by atoms with E-state index in [1.165, 1.54) is 19.2 Å². The molecule has 12 heteroatoms. The molecule has 9 nitrogen and oxygen atoms in total. The van der Waals surface area contributed by atoms with Gasteiger partial charge in [-0.05, 0) is 23.8 Å². The molecule has 1 saturated heterocycles. The molecule has 0 atom stereocenters. The van der Waals surface area contributed by atoms with E-state index < -0.39 is 23.3 Å². The number of rotatable bonds is 6. The van der Waals surface area contributed by atoms with Gasteiger partial charge < -0.3 is 14.8 Å². The largest absolute Gasteiger partial charge is 0.480 e. The zero-order valence-corrected chi connectivity index (χ0v) is 17.7. The number of halogens is 3. The molecule has 1 amide bonds. The maximum Gasteiger partial charge on any atom is 0.434 e. The Labute approximate surface area is 187 Å². The molecule has 3 heterocycles. The number of ether oxygens (including phenoxy) is 2. The number of aromatic nitrogens is 4. The van der Waals surface area contributed by atoms with E-state index in [0.717, 1.165) is 24.8 Å². The number of amides is 1. The number of hydrogen-bond acceptors (Lipinski definition) is 7. The summed E-state index contributed by atoms with van der Waals surface area (Å²) >= 11 is 0. The van der Waals surface area contributed by atoms with Gasteiger partial charge in [-0.25, -0.2) is 4.68 Å². The number of carbonyl (C=O) groups excluding carboxylic acids is 1. The van der Waals surface area contributed by atoms with Crippen LogP contribution in [-0.2, 0) is 17.5 Å². The summed E-state index contributed by atoms with van der Waals surface area (Å²) in [6.07, 6.45) is -4.00. The fourth-order valence-corrected chi connectivity index (χ4v) is 3.46. The minimum absolute atomic E-state index is 0.134. The zero-order valence-electron chi connectivity index (χ0n) is 17.7. The number of nitrogens with one attached hydrogen (secondary N) is 1. The van der Waals surface area contributed by atoms with Crippen LogP contribution in [0.3, 0.4) is 0 Å². The molecule has 33 heavy (non-hydrogen) atoms. The van der Waals surface area contributed by atoms with Crippen molar-refractivity contribution in [2.45, 2.75) is 12.7 Å². The molecular formula is C21H21F3N6O3. The Morgan fingerprint density at radius 1 is 1.18 bits per heavy atom. The first kappa shape index (κ1) is 22.7. The second-order valence-electron chi connectivity index (χ2n) is 7.29. The molecule has 1 aliphatic rings. The standard InChI is InChI=1S/C21H21F3N6O3/c1-32-18-6-5-17(27-28-18)30-19(21(22,23)24)16(12-25-30)20(31)26-15-4-2-3-14(11-15)13-29-7-9-33-10-8-29/h2-6,11-12H,7-10,13H2,1H3,(H,26,31). The highest BCUT2D eigenvalue weighted by atomic mass is 19.4. The summed E-state index contributed by atoms with van der Waals surface area (Å²) in [6, 6.07) is 9.61. The molecule has 1 N–H and O–H groups in total. The summed E-state index contributed by atoms with van der Waals surface area (Å²) in [4.78, 5) is 15.0. The van der Waals surface area contributed by atoms with Crippen LogP contribution in [0.1, 0.15) is 21.6 Å². The molecule has 3 aromatic rings. The van der Waals surface area contributed by atoms with E-state index in [4.69, 9.17) is 9.47 Å². The third-order valence-corrected chi connectivity index (χ3v) is 5.03. The van der Waals surface area contributed by atoms with Crippen LogP contribution < -0.4 is 10.1 Å². The van der Waals surface area contributed by atoms with Crippen molar-refractivity contribution in [1.29, 1.82) is 0 Å². The molecule has 0 aliphatic carbocycles. The van der Waals surface area contributed by atoms with Crippen molar-refractivity contribution >= 4 is 11.6 Å². The minimum atomic E-state index is -4.86. The Morgan fingerprint density at radius 3 is 2.64 bits per heavy atom. The second-order valence-corrected chi connectivity index (χ2v) is 7.29. The lowest BCUT2D eigenvalue weighted by Gasteiger charge is -2.26. The van der Waals surface area contributed by atoms with Crippen molar-refractivity contribution in [1.82, 2.24) is 24.9 Å². The van der Waals surface area contributed by atoms with E-state index in [1.807, 2.05) is 6.07 Å². The monoisotopic (exact) mass is 462 g/mol. The predicted octanol–water partition coefficient (Wildman–Crippen LogP) is 2.77. The highest BCUT2D eigenvalue weighted by Gasteiger charge is 2.41. The van der Waals surface area contributed by atoms with Crippen molar-refractivity contribution in [3.05, 3.63) is 59.4 Å². The van der Waals surface area contributed by atoms with Gasteiger partial charge in [0, 0.05) is 31.4 Å². The number of alkyl halides is 3. The summed E-state index contributed by atoms with van der Waals surface area (Å²) in [5, 5.41) is 13.6. The van der Waals surface area contributed by atoms with Crippen molar-refractivity contribution in [3.8, 4) is 11.7 Å². The lowest BCUT2D eigenvalue weighted by molar-refractivity contribution is -0.143. The van der Waals surface area contributed by atoms with Gasteiger partial charge in [0.25, 0.3) is 5.91 Å². The number of carbonyl (C=O) groups is 1. The maximum absolute atomic E-state index is 13.9. The van der Waals surface area contributed by atoms with E-state index in [0.29, 0.717) is 30.1 Å². The van der Waals surface area contributed by atoms with Crippen molar-refractivity contribution in [3.63, 3.8) is 0 Å². The molecule has 0 unspecified atom stereocenters. The topological polar surface area (TPSA) is 94.4 Å². The third kappa shape index (κ3) is 5.29. The van der Waals surface area contributed by atoms with Crippen molar-refractivity contribution in [2.24, 2.45) is 0 Å². The summed E-state index contributed by atoms with van der Waals surface area (Å²) < 4.78 is 52.3. The van der Waals surface area contributed by atoms with Gasteiger partial charge >= 0.3 is 6.18 Å². The summed E-state index contributed by atoms with van der Waals surface area (Å²) in [5.41, 5.74) is -0.562. The smallest absolute Gasteiger partial charge is 0.434 e. The predicted molar refractivity (Wildman–Crippen MR) is 111 cm³/mol. The van der Waals surface area contributed by atoms with Crippen LogP contribution in [0.5, 0.6) is 5.88 Å². The quantitative estimate of drug-likeness (QED) is 0.602. The van der Waals surface area contributed by atoms with Gasteiger partial charge in [0.1, 0.15) is 0 Å². The summed E-state index contributed by atoms with van der Waals surface area (Å²) in [7, 11) is 1.36. The van der Waals surface area contributed by atoms with Crippen LogP contribution in [-0.4, -0.2) is 64.2 Å². The van der Waals surface area contributed by atoms with E-state index in [9.17, 15) is 18.0 Å². The summed E-state index contributed by atoms with van der Waals surface area (Å²) in [6.45, 7) is 3.53. The number of nitrogens with zero attached hydrogens (tertiary/aromatic N) is 5. The van der Waals surface area contributed by atoms with Gasteiger partial charge in [-0.15, -0.1) is 10.2 Å². The van der Waals surface area contributed by atoms with Crippen molar-refractivity contribution < 1.29 is 27.4 Å². The van der Waals surface area contributed by atoms with Gasteiger partial charge in [0.2, 0.25) is 5.88 Å². The van der Waals surface area contributed by atoms with E-state index in [1.54, 1.807) is 18.2 Å². The molecule has 0 radical (unpaired) electrons. The molecular weight excluding hydrogens is 441 g/mol. The highest BCUT2D eigenvalue weighted by molar-refractivity contribution is 6.05. The van der Waals surface area contributed by atoms with E-state index in [2.05, 4.69) is 25.5 Å². The molecule has 1 aliphatic heterocycles. The second kappa shape index (κ2) is 9.55. The van der Waals surface area contributed by atoms with Gasteiger partial charge in [0.15, 0.2) is 11.5 Å². The molecule has 174 valence electrons. The fourth-order valence-electron chi connectivity index (χ4n) is 3.46. The Kier molecular flexibility index (Phi) is 6.56. The normalized spacial score (nSPS) is 14.8. The molecule has 0 bridgehead atoms. The van der Waals surface area contributed by atoms with E-state index in [-0.39, 0.29) is 11.7 Å². The molecule has 1 aromatic carbocycles. The maximum atomic E-state index is 13.9. The lowest BCUT2D eigenvalue weighted by atomic mass is 10.1. The molecule has 0 saturated carbocycles. The van der Waals surface area contributed by atoms with Crippen LogP contribution in [0.25, 0.3) is 5.82 Å². The fraction of sp³-hybridized carbons (Fsp3) is 0.333. The van der Waals surface area contributed by atoms with Gasteiger partial charge in [-0.1, -0.05) is 12.1 Å². The SMILES string of the molecule is COc1ccc(-n2ncc(C(=O)Nc3cccc(CN4CCOCC4)c3)c2C(F)(F)F)nn1. The van der Waals surface area contributed by atoms with Gasteiger partial charge in [0.05, 0.1) is 32.1 Å². The molecule has 0 spiro atoms. The average Bonchev–Trinajstić information content (AvgIpc) is 3.26. The van der Waals surface area contributed by atoms with Crippen LogP contribution >= 0.6 is 0 Å². The van der Waals surface area contributed by atoms with Gasteiger partial charge in [-0.3, -0.25) is 9.69 Å². The Bertz CT molecular complexity index is 1110. The number of morpholine rings is 1. The van der Waals surface area contributed by atoms with Crippen LogP contribution in [0.15, 0.2) is 42.6 Å². The first-order valence-corrected chi connectivity index (χ1v) is 10.1. The molecule has 2 aromatic heterocycles. The van der Waals surface area contributed by atoms with Crippen LogP contribution in [0.4, 0.5) is 18.9 Å². The lowest BCUT2D eigenvalue weighted by Crippen LogP contribution is -2.35. The van der Waals surface area contributed by atoms with Crippen LogP contribution in [0.2, 0.25) is 0 Å². The number of hydrogen-bond donors (Lipinski definition) is 1. The van der Waals surface area contributed by atoms with Crippen molar-refractivity contribution in [2.75, 3.05) is 38.7 Å². The third-order valence-electron chi connectivity index (χ3n) is 5.03. The highest BCUT2D eigenvalue weighted by Crippen LogP contribution is 2.33. The summed E-state index contributed by atoms with van der Waals surface area (Å²) in [5.74, 6) is -0.998. The van der Waals surface area contributed by atoms with Crippen LogP contribution in [0, 0.1) is 0 Å². The first-order valence-electron chi connectivity index (χ1n) is 10.1. The Morgan fingerprint density at radius 2 is 1.97 bits per heavy atom.